The number of carbonyl (C=O) groups is 1. The number of nitriles is 1. The highest BCUT2D eigenvalue weighted by atomic mass is 16.2. The Morgan fingerprint density at radius 1 is 1.22 bits per heavy atom. The van der Waals surface area contributed by atoms with Gasteiger partial charge in [-0.3, -0.25) is 4.79 Å². The van der Waals surface area contributed by atoms with Gasteiger partial charge in [-0.1, -0.05) is 6.07 Å². The summed E-state index contributed by atoms with van der Waals surface area (Å²) < 4.78 is 3.47. The highest BCUT2D eigenvalue weighted by molar-refractivity contribution is 6.02. The molecule has 1 saturated heterocycles. The molecule has 1 aliphatic heterocycles. The van der Waals surface area contributed by atoms with Crippen LogP contribution in [0.15, 0.2) is 42.9 Å². The van der Waals surface area contributed by atoms with Gasteiger partial charge in [0.2, 0.25) is 5.91 Å². The van der Waals surface area contributed by atoms with Crippen LogP contribution in [0.5, 0.6) is 0 Å². The third-order valence-corrected chi connectivity index (χ3v) is 4.88. The number of aryl methyl sites for hydroxylation is 1. The lowest BCUT2D eigenvalue weighted by atomic mass is 10.1. The van der Waals surface area contributed by atoms with Crippen molar-refractivity contribution in [1.29, 1.82) is 5.26 Å². The molecule has 1 unspecified atom stereocenters. The van der Waals surface area contributed by atoms with Crippen LogP contribution < -0.4 is 4.90 Å². The van der Waals surface area contributed by atoms with E-state index in [1.807, 2.05) is 37.5 Å². The lowest BCUT2D eigenvalue weighted by Crippen LogP contribution is -2.27. The highest BCUT2D eigenvalue weighted by Gasteiger charge is 2.33. The molecule has 0 bridgehead atoms. The van der Waals surface area contributed by atoms with E-state index >= 15 is 0 Å². The topological polar surface area (TPSA) is 91.6 Å². The van der Waals surface area contributed by atoms with Crippen LogP contribution in [0.2, 0.25) is 0 Å². The number of nitrogens with zero attached hydrogens (tertiary/aromatic N) is 7. The van der Waals surface area contributed by atoms with Crippen LogP contribution >= 0.6 is 0 Å². The summed E-state index contributed by atoms with van der Waals surface area (Å²) in [4.78, 5) is 18.7. The van der Waals surface area contributed by atoms with E-state index in [4.69, 9.17) is 5.26 Å². The van der Waals surface area contributed by atoms with Gasteiger partial charge in [-0.2, -0.15) is 10.4 Å². The van der Waals surface area contributed by atoms with E-state index in [0.717, 1.165) is 28.0 Å². The van der Waals surface area contributed by atoms with Crippen molar-refractivity contribution in [2.75, 3.05) is 11.4 Å². The van der Waals surface area contributed by atoms with Crippen molar-refractivity contribution >= 4 is 22.8 Å². The molecule has 1 amide bonds. The molecular formula is C19H15N7O. The van der Waals surface area contributed by atoms with E-state index in [1.165, 1.54) is 0 Å². The van der Waals surface area contributed by atoms with Crippen molar-refractivity contribution in [3.63, 3.8) is 0 Å². The van der Waals surface area contributed by atoms with Gasteiger partial charge in [0.15, 0.2) is 11.5 Å². The molecule has 1 atom stereocenters. The lowest BCUT2D eigenvalue weighted by Gasteiger charge is -2.16. The Labute approximate surface area is 154 Å². The van der Waals surface area contributed by atoms with Crippen LogP contribution in [0.1, 0.15) is 12.0 Å². The summed E-state index contributed by atoms with van der Waals surface area (Å²) in [5.74, 6) is -0.134. The highest BCUT2D eigenvalue weighted by Crippen LogP contribution is 2.31. The SMILES string of the molecule is Cc1ccc2nc(-c3cc4c(N5CCC(C#N)C5=O)ccnn4c3)nn2c1. The minimum absolute atomic E-state index is 0.158. The third-order valence-electron chi connectivity index (χ3n) is 4.88. The van der Waals surface area contributed by atoms with E-state index in [1.54, 1.807) is 26.2 Å². The molecular weight excluding hydrogens is 342 g/mol. The van der Waals surface area contributed by atoms with Gasteiger partial charge in [-0.05, 0) is 37.1 Å². The summed E-state index contributed by atoms with van der Waals surface area (Å²) in [6.45, 7) is 2.54. The van der Waals surface area contributed by atoms with Crippen molar-refractivity contribution in [3.8, 4) is 17.5 Å². The minimum atomic E-state index is -0.573. The quantitative estimate of drug-likeness (QED) is 0.549. The average Bonchev–Trinajstić information content (AvgIpc) is 3.36. The van der Waals surface area contributed by atoms with Gasteiger partial charge < -0.3 is 4.90 Å². The van der Waals surface area contributed by atoms with Gasteiger partial charge in [0.1, 0.15) is 5.92 Å². The molecule has 0 radical (unpaired) electrons. The van der Waals surface area contributed by atoms with Crippen molar-refractivity contribution in [2.45, 2.75) is 13.3 Å². The Hall–Kier alpha value is -3.73. The Morgan fingerprint density at radius 2 is 2.11 bits per heavy atom. The zero-order valence-corrected chi connectivity index (χ0v) is 14.6. The van der Waals surface area contributed by atoms with E-state index in [9.17, 15) is 4.79 Å². The molecule has 5 rings (SSSR count). The average molecular weight is 357 g/mol. The minimum Gasteiger partial charge on any atom is -0.309 e. The number of hydrogen-bond acceptors (Lipinski definition) is 5. The molecule has 4 aromatic heterocycles. The molecule has 1 aliphatic rings. The normalized spacial score (nSPS) is 17.1. The first-order valence-electron chi connectivity index (χ1n) is 8.66. The van der Waals surface area contributed by atoms with Gasteiger partial charge in [0.05, 0.1) is 17.3 Å². The van der Waals surface area contributed by atoms with Crippen LogP contribution in [-0.2, 0) is 4.79 Å². The van der Waals surface area contributed by atoms with Gasteiger partial charge >= 0.3 is 0 Å². The number of amides is 1. The first kappa shape index (κ1) is 15.5. The molecule has 4 aromatic rings. The van der Waals surface area contributed by atoms with Crippen molar-refractivity contribution in [3.05, 3.63) is 48.4 Å². The smallest absolute Gasteiger partial charge is 0.244 e. The molecule has 132 valence electrons. The summed E-state index contributed by atoms with van der Waals surface area (Å²) in [6, 6.07) is 9.73. The number of hydrogen-bond donors (Lipinski definition) is 0. The zero-order chi connectivity index (χ0) is 18.5. The molecule has 0 aliphatic carbocycles. The predicted molar refractivity (Wildman–Crippen MR) is 98.0 cm³/mol. The molecule has 5 heterocycles. The van der Waals surface area contributed by atoms with Gasteiger partial charge in [-0.15, -0.1) is 5.10 Å². The summed E-state index contributed by atoms with van der Waals surface area (Å²) in [7, 11) is 0. The summed E-state index contributed by atoms with van der Waals surface area (Å²) in [6.07, 6.45) is 5.98. The molecule has 8 nitrogen and oxygen atoms in total. The fraction of sp³-hybridized carbons (Fsp3) is 0.211. The number of carbonyl (C=O) groups excluding carboxylic acids is 1. The van der Waals surface area contributed by atoms with Crippen molar-refractivity contribution in [1.82, 2.24) is 24.2 Å². The second-order valence-corrected chi connectivity index (χ2v) is 6.68. The van der Waals surface area contributed by atoms with Crippen LogP contribution in [0.3, 0.4) is 0 Å². The second kappa shape index (κ2) is 5.64. The van der Waals surface area contributed by atoms with Crippen LogP contribution in [0, 0.1) is 24.2 Å². The first-order valence-corrected chi connectivity index (χ1v) is 8.66. The molecule has 0 saturated carbocycles. The Morgan fingerprint density at radius 3 is 2.93 bits per heavy atom. The van der Waals surface area contributed by atoms with Crippen LogP contribution in [0.25, 0.3) is 22.6 Å². The van der Waals surface area contributed by atoms with Gasteiger partial charge in [0.25, 0.3) is 0 Å². The maximum absolute atomic E-state index is 12.5. The standard InChI is InChI=1S/C19H15N7O/c1-12-2-3-17-22-18(23-26(17)10-12)14-8-16-15(4-6-21-25(16)11-14)24-7-5-13(9-20)19(24)27/h2-4,6,8,10-11,13H,5,7H2,1H3. The van der Waals surface area contributed by atoms with E-state index in [-0.39, 0.29) is 5.91 Å². The lowest BCUT2D eigenvalue weighted by molar-refractivity contribution is -0.118. The fourth-order valence-electron chi connectivity index (χ4n) is 3.50. The third kappa shape index (κ3) is 2.36. The number of pyridine rings is 1. The first-order chi connectivity index (χ1) is 13.1. The molecule has 0 N–H and O–H groups in total. The largest absolute Gasteiger partial charge is 0.309 e. The fourth-order valence-corrected chi connectivity index (χ4v) is 3.50. The monoisotopic (exact) mass is 357 g/mol. The Balaban J connectivity index is 1.61. The van der Waals surface area contributed by atoms with Crippen LogP contribution in [-0.4, -0.2) is 36.7 Å². The zero-order valence-electron chi connectivity index (χ0n) is 14.6. The molecule has 1 fully saturated rings. The summed E-state index contributed by atoms with van der Waals surface area (Å²) >= 11 is 0. The van der Waals surface area contributed by atoms with Gasteiger partial charge in [-0.25, -0.2) is 14.0 Å². The van der Waals surface area contributed by atoms with Crippen molar-refractivity contribution < 1.29 is 4.79 Å². The second-order valence-electron chi connectivity index (χ2n) is 6.68. The number of aromatic nitrogens is 5. The van der Waals surface area contributed by atoms with E-state index in [2.05, 4.69) is 21.3 Å². The summed E-state index contributed by atoms with van der Waals surface area (Å²) in [5, 5.41) is 18.0. The molecule has 8 heteroatoms. The molecule has 0 aromatic carbocycles. The maximum Gasteiger partial charge on any atom is 0.244 e. The Kier molecular flexibility index (Phi) is 3.24. The summed E-state index contributed by atoms with van der Waals surface area (Å²) in [5.41, 5.74) is 4.23. The molecule has 27 heavy (non-hydrogen) atoms. The van der Waals surface area contributed by atoms with E-state index in [0.29, 0.717) is 18.8 Å². The number of anilines is 1. The maximum atomic E-state index is 12.5. The van der Waals surface area contributed by atoms with E-state index < -0.39 is 5.92 Å². The van der Waals surface area contributed by atoms with Gasteiger partial charge in [0, 0.05) is 30.7 Å². The Bertz CT molecular complexity index is 1250. The molecule has 0 spiro atoms. The number of fused-ring (bicyclic) bond motifs is 2. The van der Waals surface area contributed by atoms with Crippen LogP contribution in [0.4, 0.5) is 5.69 Å². The predicted octanol–water partition coefficient (Wildman–Crippen LogP) is 2.23. The number of rotatable bonds is 2. The van der Waals surface area contributed by atoms with Crippen molar-refractivity contribution in [2.24, 2.45) is 5.92 Å².